The predicted molar refractivity (Wildman–Crippen MR) is 84.3 cm³/mol. The largest absolute Gasteiger partial charge is 0.468 e. The molecule has 1 fully saturated rings. The van der Waals surface area contributed by atoms with Crippen molar-refractivity contribution in [3.63, 3.8) is 0 Å². The first-order valence-corrected chi connectivity index (χ1v) is 7.94. The fourth-order valence-electron chi connectivity index (χ4n) is 3.10. The number of methoxy groups -OCH3 is 1. The molecule has 0 radical (unpaired) electrons. The molecule has 0 unspecified atom stereocenters. The van der Waals surface area contributed by atoms with E-state index in [4.69, 9.17) is 4.74 Å². The van der Waals surface area contributed by atoms with Gasteiger partial charge in [0.2, 0.25) is 5.91 Å². The average molecular weight is 304 g/mol. The summed E-state index contributed by atoms with van der Waals surface area (Å²) in [5.41, 5.74) is 0.821. The molecule has 0 bridgehead atoms. The Morgan fingerprint density at radius 3 is 2.50 bits per heavy atom. The van der Waals surface area contributed by atoms with Crippen LogP contribution in [0.3, 0.4) is 0 Å². The predicted octanol–water partition coefficient (Wildman–Crippen LogP) is 3.09. The van der Waals surface area contributed by atoms with Crippen molar-refractivity contribution in [2.75, 3.05) is 12.4 Å². The van der Waals surface area contributed by atoms with Crippen molar-refractivity contribution in [2.24, 2.45) is 11.8 Å². The van der Waals surface area contributed by atoms with E-state index in [1.54, 1.807) is 6.07 Å². The standard InChI is InChI=1S/C17H24N2O3/c1-12-8-7-11-14(18-12)19-16(20)15(17(21)22-2)13-9-5-3-4-6-10-13/h7-8,11,13,15H,3-6,9-10H2,1-2H3,(H,18,19,20)/t15-/m1/s1. The maximum atomic E-state index is 12.6. The summed E-state index contributed by atoms with van der Waals surface area (Å²) in [5, 5.41) is 2.76. The van der Waals surface area contributed by atoms with Gasteiger partial charge in [-0.2, -0.15) is 0 Å². The number of carbonyl (C=O) groups is 2. The number of rotatable bonds is 4. The first-order valence-electron chi connectivity index (χ1n) is 7.94. The van der Waals surface area contributed by atoms with Crippen molar-refractivity contribution in [1.29, 1.82) is 0 Å². The Hall–Kier alpha value is -1.91. The van der Waals surface area contributed by atoms with Crippen LogP contribution in [0.1, 0.15) is 44.2 Å². The van der Waals surface area contributed by atoms with Crippen LogP contribution < -0.4 is 5.32 Å². The van der Waals surface area contributed by atoms with Crippen LogP contribution in [-0.4, -0.2) is 24.0 Å². The molecule has 1 aromatic heterocycles. The zero-order valence-corrected chi connectivity index (χ0v) is 13.3. The number of hydrogen-bond donors (Lipinski definition) is 1. The Balaban J connectivity index is 2.13. The molecule has 0 aliphatic heterocycles. The summed E-state index contributed by atoms with van der Waals surface area (Å²) in [6, 6.07) is 5.42. The van der Waals surface area contributed by atoms with E-state index in [-0.39, 0.29) is 11.8 Å². The van der Waals surface area contributed by atoms with Crippen LogP contribution in [0.25, 0.3) is 0 Å². The van der Waals surface area contributed by atoms with Crippen LogP contribution in [0.4, 0.5) is 5.82 Å². The van der Waals surface area contributed by atoms with Gasteiger partial charge >= 0.3 is 5.97 Å². The molecule has 120 valence electrons. The van der Waals surface area contributed by atoms with Gasteiger partial charge in [-0.1, -0.05) is 31.7 Å². The fraction of sp³-hybridized carbons (Fsp3) is 0.588. The van der Waals surface area contributed by atoms with E-state index in [1.165, 1.54) is 20.0 Å². The smallest absolute Gasteiger partial charge is 0.318 e. The highest BCUT2D eigenvalue weighted by Crippen LogP contribution is 2.30. The molecular weight excluding hydrogens is 280 g/mol. The Labute approximate surface area is 131 Å². The number of aryl methyl sites for hydroxylation is 1. The first-order chi connectivity index (χ1) is 10.6. The zero-order chi connectivity index (χ0) is 15.9. The van der Waals surface area contributed by atoms with Gasteiger partial charge in [-0.15, -0.1) is 0 Å². The minimum atomic E-state index is -0.745. The summed E-state index contributed by atoms with van der Waals surface area (Å²) in [5.74, 6) is -0.966. The van der Waals surface area contributed by atoms with Crippen molar-refractivity contribution in [3.8, 4) is 0 Å². The minimum absolute atomic E-state index is 0.0553. The molecule has 2 rings (SSSR count). The molecule has 1 aliphatic rings. The third-order valence-corrected chi connectivity index (χ3v) is 4.25. The zero-order valence-electron chi connectivity index (χ0n) is 13.3. The molecule has 1 aromatic rings. The van der Waals surface area contributed by atoms with Crippen molar-refractivity contribution < 1.29 is 14.3 Å². The average Bonchev–Trinajstić information content (AvgIpc) is 2.76. The third kappa shape index (κ3) is 4.29. The Morgan fingerprint density at radius 1 is 1.23 bits per heavy atom. The van der Waals surface area contributed by atoms with Crippen molar-refractivity contribution >= 4 is 17.7 Å². The summed E-state index contributed by atoms with van der Waals surface area (Å²) < 4.78 is 4.87. The highest BCUT2D eigenvalue weighted by atomic mass is 16.5. The Bertz CT molecular complexity index is 522. The summed E-state index contributed by atoms with van der Waals surface area (Å²) >= 11 is 0. The Kier molecular flexibility index (Phi) is 5.92. The number of anilines is 1. The van der Waals surface area contributed by atoms with E-state index in [9.17, 15) is 9.59 Å². The summed E-state index contributed by atoms with van der Waals surface area (Å²) in [7, 11) is 1.34. The lowest BCUT2D eigenvalue weighted by atomic mass is 9.85. The molecule has 0 aromatic carbocycles. The number of aromatic nitrogens is 1. The van der Waals surface area contributed by atoms with Crippen molar-refractivity contribution in [3.05, 3.63) is 23.9 Å². The lowest BCUT2D eigenvalue weighted by Crippen LogP contribution is -2.36. The molecule has 22 heavy (non-hydrogen) atoms. The third-order valence-electron chi connectivity index (χ3n) is 4.25. The highest BCUT2D eigenvalue weighted by Gasteiger charge is 2.36. The van der Waals surface area contributed by atoms with E-state index in [2.05, 4.69) is 10.3 Å². The second kappa shape index (κ2) is 7.92. The van der Waals surface area contributed by atoms with Crippen LogP contribution in [0.15, 0.2) is 18.2 Å². The molecule has 1 heterocycles. The highest BCUT2D eigenvalue weighted by molar-refractivity contribution is 6.04. The van der Waals surface area contributed by atoms with Gasteiger partial charge in [0, 0.05) is 5.69 Å². The number of pyridine rings is 1. The summed E-state index contributed by atoms with van der Waals surface area (Å²) in [6.45, 7) is 1.86. The number of ether oxygens (including phenoxy) is 1. The molecule has 1 aliphatic carbocycles. The van der Waals surface area contributed by atoms with Gasteiger partial charge in [0.25, 0.3) is 0 Å². The molecule has 5 nitrogen and oxygen atoms in total. The van der Waals surface area contributed by atoms with Crippen LogP contribution in [-0.2, 0) is 14.3 Å². The van der Waals surface area contributed by atoms with Gasteiger partial charge in [0.1, 0.15) is 11.7 Å². The van der Waals surface area contributed by atoms with Gasteiger partial charge in [-0.25, -0.2) is 4.98 Å². The summed E-state index contributed by atoms with van der Waals surface area (Å²) in [6.07, 6.45) is 6.27. The van der Waals surface area contributed by atoms with Crippen molar-refractivity contribution in [1.82, 2.24) is 4.98 Å². The topological polar surface area (TPSA) is 68.3 Å². The van der Waals surface area contributed by atoms with Crippen molar-refractivity contribution in [2.45, 2.75) is 45.4 Å². The van der Waals surface area contributed by atoms with E-state index >= 15 is 0 Å². The molecule has 0 spiro atoms. The van der Waals surface area contributed by atoms with Crippen LogP contribution in [0.5, 0.6) is 0 Å². The Morgan fingerprint density at radius 2 is 1.91 bits per heavy atom. The normalized spacial score (nSPS) is 17.4. The van der Waals surface area contributed by atoms with E-state index in [0.29, 0.717) is 5.82 Å². The SMILES string of the molecule is COC(=O)[C@@H](C(=O)Nc1cccc(C)n1)C1CCCCCC1. The molecular formula is C17H24N2O3. The number of nitrogens with one attached hydrogen (secondary N) is 1. The minimum Gasteiger partial charge on any atom is -0.468 e. The molecule has 1 saturated carbocycles. The van der Waals surface area contributed by atoms with Gasteiger partial charge in [-0.05, 0) is 37.8 Å². The second-order valence-corrected chi connectivity index (χ2v) is 5.91. The number of carbonyl (C=O) groups excluding carboxylic acids is 2. The van der Waals surface area contributed by atoms with Gasteiger partial charge in [0.05, 0.1) is 7.11 Å². The maximum absolute atomic E-state index is 12.6. The van der Waals surface area contributed by atoms with Crippen LogP contribution in [0, 0.1) is 18.8 Å². The molecule has 1 amide bonds. The quantitative estimate of drug-likeness (QED) is 0.527. The molecule has 0 saturated heterocycles. The number of esters is 1. The molecule has 1 N–H and O–H groups in total. The van der Waals surface area contributed by atoms with E-state index < -0.39 is 11.9 Å². The second-order valence-electron chi connectivity index (χ2n) is 5.91. The molecule has 5 heteroatoms. The van der Waals surface area contributed by atoms with Gasteiger partial charge < -0.3 is 10.1 Å². The lowest BCUT2D eigenvalue weighted by Gasteiger charge is -2.23. The van der Waals surface area contributed by atoms with Crippen LogP contribution >= 0.6 is 0 Å². The monoisotopic (exact) mass is 304 g/mol. The van der Waals surface area contributed by atoms with Gasteiger partial charge in [-0.3, -0.25) is 9.59 Å². The maximum Gasteiger partial charge on any atom is 0.318 e. The number of amides is 1. The molecule has 1 atom stereocenters. The van der Waals surface area contributed by atoms with Crippen LogP contribution in [0.2, 0.25) is 0 Å². The van der Waals surface area contributed by atoms with Gasteiger partial charge in [0.15, 0.2) is 0 Å². The van der Waals surface area contributed by atoms with E-state index in [1.807, 2.05) is 19.1 Å². The lowest BCUT2D eigenvalue weighted by molar-refractivity contribution is -0.151. The fourth-order valence-corrected chi connectivity index (χ4v) is 3.10. The van der Waals surface area contributed by atoms with E-state index in [0.717, 1.165) is 31.4 Å². The number of hydrogen-bond acceptors (Lipinski definition) is 4. The number of nitrogens with zero attached hydrogens (tertiary/aromatic N) is 1. The summed E-state index contributed by atoms with van der Waals surface area (Å²) in [4.78, 5) is 29.0. The first kappa shape index (κ1) is 16.5.